The van der Waals surface area contributed by atoms with E-state index in [9.17, 15) is 14.9 Å². The largest absolute Gasteiger partial charge is 0.366 e. The molecular weight excluding hydrogens is 318 g/mol. The highest BCUT2D eigenvalue weighted by atomic mass is 16.6. The highest BCUT2D eigenvalue weighted by molar-refractivity contribution is 5.79. The first-order valence-electron chi connectivity index (χ1n) is 9.23. The number of hydrogen-bond donors (Lipinski definition) is 0. The summed E-state index contributed by atoms with van der Waals surface area (Å²) in [5.41, 5.74) is 0.810. The molecule has 0 spiro atoms. The molecule has 6 heteroatoms. The first kappa shape index (κ1) is 17.7. The van der Waals surface area contributed by atoms with Gasteiger partial charge in [-0.1, -0.05) is 26.0 Å². The van der Waals surface area contributed by atoms with Crippen LogP contribution in [0.25, 0.3) is 0 Å². The number of piperidine rings is 2. The number of nitro groups is 1. The van der Waals surface area contributed by atoms with Crippen molar-refractivity contribution in [2.24, 2.45) is 17.8 Å². The Balaban J connectivity index is 1.62. The predicted molar refractivity (Wildman–Crippen MR) is 97.6 cm³/mol. The van der Waals surface area contributed by atoms with E-state index in [2.05, 4.69) is 13.8 Å². The molecule has 0 radical (unpaired) electrons. The Morgan fingerprint density at radius 2 is 1.72 bits per heavy atom. The summed E-state index contributed by atoms with van der Waals surface area (Å²) in [6.07, 6.45) is 2.73. The molecule has 0 unspecified atom stereocenters. The maximum Gasteiger partial charge on any atom is 0.292 e. The van der Waals surface area contributed by atoms with Crippen molar-refractivity contribution in [2.45, 2.75) is 33.1 Å². The number of benzene rings is 1. The molecule has 0 bridgehead atoms. The molecule has 1 amide bonds. The molecule has 0 aliphatic carbocycles. The number of likely N-dealkylation sites (tertiary alicyclic amines) is 1. The van der Waals surface area contributed by atoms with Gasteiger partial charge in [-0.3, -0.25) is 14.9 Å². The molecule has 2 saturated heterocycles. The third-order valence-corrected chi connectivity index (χ3v) is 5.44. The molecule has 136 valence electrons. The fourth-order valence-corrected chi connectivity index (χ4v) is 4.35. The fourth-order valence-electron chi connectivity index (χ4n) is 4.35. The van der Waals surface area contributed by atoms with Crippen LogP contribution in [0.4, 0.5) is 11.4 Å². The van der Waals surface area contributed by atoms with E-state index in [1.807, 2.05) is 15.9 Å². The molecule has 3 rings (SSSR count). The van der Waals surface area contributed by atoms with Crippen LogP contribution in [-0.4, -0.2) is 41.9 Å². The Hall–Kier alpha value is -2.11. The van der Waals surface area contributed by atoms with Crippen molar-refractivity contribution in [2.75, 3.05) is 31.1 Å². The van der Waals surface area contributed by atoms with Gasteiger partial charge in [-0.15, -0.1) is 0 Å². The van der Waals surface area contributed by atoms with Crippen LogP contribution < -0.4 is 4.90 Å². The summed E-state index contributed by atoms with van der Waals surface area (Å²) >= 11 is 0. The molecule has 0 aromatic heterocycles. The van der Waals surface area contributed by atoms with Crippen molar-refractivity contribution in [3.63, 3.8) is 0 Å². The first-order chi connectivity index (χ1) is 12.0. The van der Waals surface area contributed by atoms with Gasteiger partial charge in [-0.05, 0) is 37.2 Å². The highest BCUT2D eigenvalue weighted by Gasteiger charge is 2.33. The fraction of sp³-hybridized carbons (Fsp3) is 0.632. The second kappa shape index (κ2) is 7.42. The zero-order valence-electron chi connectivity index (χ0n) is 15.1. The molecule has 25 heavy (non-hydrogen) atoms. The number of nitro benzene ring substituents is 1. The number of rotatable bonds is 3. The van der Waals surface area contributed by atoms with Crippen molar-refractivity contribution in [3.8, 4) is 0 Å². The zero-order valence-corrected chi connectivity index (χ0v) is 15.1. The smallest absolute Gasteiger partial charge is 0.292 e. The molecule has 2 atom stereocenters. The van der Waals surface area contributed by atoms with E-state index in [0.717, 1.165) is 25.9 Å². The lowest BCUT2D eigenvalue weighted by molar-refractivity contribution is -0.384. The van der Waals surface area contributed by atoms with Crippen LogP contribution in [0.2, 0.25) is 0 Å². The summed E-state index contributed by atoms with van der Waals surface area (Å²) in [4.78, 5) is 27.8. The third kappa shape index (κ3) is 3.94. The van der Waals surface area contributed by atoms with Crippen molar-refractivity contribution in [1.29, 1.82) is 0 Å². The molecule has 1 aromatic carbocycles. The Labute approximate surface area is 148 Å². The van der Waals surface area contributed by atoms with E-state index < -0.39 is 0 Å². The number of carbonyl (C=O) groups is 1. The first-order valence-corrected chi connectivity index (χ1v) is 9.23. The van der Waals surface area contributed by atoms with Gasteiger partial charge in [0.15, 0.2) is 0 Å². The van der Waals surface area contributed by atoms with E-state index >= 15 is 0 Å². The van der Waals surface area contributed by atoms with Gasteiger partial charge in [-0.2, -0.15) is 0 Å². The number of anilines is 1. The van der Waals surface area contributed by atoms with Crippen molar-refractivity contribution < 1.29 is 9.72 Å². The van der Waals surface area contributed by atoms with Gasteiger partial charge >= 0.3 is 0 Å². The molecule has 0 N–H and O–H groups in total. The van der Waals surface area contributed by atoms with Gasteiger partial charge < -0.3 is 9.80 Å². The lowest BCUT2D eigenvalue weighted by Gasteiger charge is -2.39. The molecule has 6 nitrogen and oxygen atoms in total. The number of hydrogen-bond acceptors (Lipinski definition) is 4. The van der Waals surface area contributed by atoms with E-state index in [-0.39, 0.29) is 22.4 Å². The Bertz CT molecular complexity index is 631. The van der Waals surface area contributed by atoms with Gasteiger partial charge in [0.1, 0.15) is 5.69 Å². The zero-order chi connectivity index (χ0) is 18.0. The van der Waals surface area contributed by atoms with Crippen molar-refractivity contribution in [3.05, 3.63) is 34.4 Å². The topological polar surface area (TPSA) is 66.7 Å². The summed E-state index contributed by atoms with van der Waals surface area (Å²) in [5.74, 6) is 1.47. The van der Waals surface area contributed by atoms with E-state index in [0.29, 0.717) is 30.6 Å². The lowest BCUT2D eigenvalue weighted by Crippen LogP contribution is -2.47. The van der Waals surface area contributed by atoms with Gasteiger partial charge in [0.2, 0.25) is 5.91 Å². The lowest BCUT2D eigenvalue weighted by atomic mass is 9.89. The number of amides is 1. The summed E-state index contributed by atoms with van der Waals surface area (Å²) in [6.45, 7) is 7.56. The van der Waals surface area contributed by atoms with Crippen molar-refractivity contribution in [1.82, 2.24) is 4.90 Å². The molecular formula is C19H27N3O3. The summed E-state index contributed by atoms with van der Waals surface area (Å²) < 4.78 is 0. The normalized spacial score (nSPS) is 25.0. The monoisotopic (exact) mass is 345 g/mol. The van der Waals surface area contributed by atoms with Crippen LogP contribution in [0.1, 0.15) is 33.1 Å². The van der Waals surface area contributed by atoms with E-state index in [4.69, 9.17) is 0 Å². The molecule has 2 fully saturated rings. The number of para-hydroxylation sites is 2. The average molecular weight is 345 g/mol. The molecule has 2 aliphatic rings. The van der Waals surface area contributed by atoms with Gasteiger partial charge in [0.05, 0.1) is 4.92 Å². The van der Waals surface area contributed by atoms with Crippen LogP contribution >= 0.6 is 0 Å². The highest BCUT2D eigenvalue weighted by Crippen LogP contribution is 2.32. The quantitative estimate of drug-likeness (QED) is 0.623. The minimum Gasteiger partial charge on any atom is -0.366 e. The summed E-state index contributed by atoms with van der Waals surface area (Å²) in [6, 6.07) is 6.87. The van der Waals surface area contributed by atoms with Crippen molar-refractivity contribution >= 4 is 17.3 Å². The summed E-state index contributed by atoms with van der Waals surface area (Å²) in [5, 5.41) is 11.2. The molecule has 2 aliphatic heterocycles. The Kier molecular flexibility index (Phi) is 5.25. The van der Waals surface area contributed by atoms with Crippen LogP contribution in [0.15, 0.2) is 24.3 Å². The molecule has 1 aromatic rings. The standard InChI is InChI=1S/C19H27N3O3/c1-14-11-15(2)13-21(12-14)19(23)16-7-9-20(10-8-16)17-5-3-4-6-18(17)22(24)25/h3-6,14-16H,7-13H2,1-2H3/t14-,15-/m1/s1. The Morgan fingerprint density at radius 3 is 2.32 bits per heavy atom. The number of carbonyl (C=O) groups excluding carboxylic acids is 1. The SMILES string of the molecule is C[C@@H]1C[C@@H](C)CN(C(=O)C2CCN(c3ccccc3[N+](=O)[O-])CC2)C1. The molecule has 0 saturated carbocycles. The Morgan fingerprint density at radius 1 is 1.12 bits per heavy atom. The van der Waals surface area contributed by atoms with Crippen LogP contribution in [0.3, 0.4) is 0 Å². The van der Waals surface area contributed by atoms with Crippen LogP contribution in [0.5, 0.6) is 0 Å². The second-order valence-corrected chi connectivity index (χ2v) is 7.70. The molecule has 2 heterocycles. The van der Waals surface area contributed by atoms with Gasteiger partial charge in [0.25, 0.3) is 5.69 Å². The second-order valence-electron chi connectivity index (χ2n) is 7.70. The predicted octanol–water partition coefficient (Wildman–Crippen LogP) is 3.32. The van der Waals surface area contributed by atoms with Gasteiger partial charge in [-0.25, -0.2) is 0 Å². The average Bonchev–Trinajstić information content (AvgIpc) is 2.60. The maximum absolute atomic E-state index is 12.9. The van der Waals surface area contributed by atoms with Crippen LogP contribution in [-0.2, 0) is 4.79 Å². The van der Waals surface area contributed by atoms with E-state index in [1.54, 1.807) is 18.2 Å². The van der Waals surface area contributed by atoms with Gasteiger partial charge in [0, 0.05) is 38.2 Å². The maximum atomic E-state index is 12.9. The minimum absolute atomic E-state index is 0.0523. The van der Waals surface area contributed by atoms with E-state index in [1.165, 1.54) is 6.42 Å². The summed E-state index contributed by atoms with van der Waals surface area (Å²) in [7, 11) is 0. The number of nitrogens with zero attached hydrogens (tertiary/aromatic N) is 3. The minimum atomic E-state index is -0.330. The van der Waals surface area contributed by atoms with Crippen LogP contribution in [0, 0.1) is 27.9 Å². The third-order valence-electron chi connectivity index (χ3n) is 5.44.